The molecule has 0 bridgehead atoms. The molecule has 1 aromatic heterocycles. The van der Waals surface area contributed by atoms with E-state index < -0.39 is 71.4 Å². The fourth-order valence-electron chi connectivity index (χ4n) is 4.95. The average Bonchev–Trinajstić information content (AvgIpc) is 3.41. The van der Waals surface area contributed by atoms with Gasteiger partial charge in [0.15, 0.2) is 13.2 Å². The summed E-state index contributed by atoms with van der Waals surface area (Å²) < 4.78 is 144. The molecule has 0 spiro atoms. The molecule has 0 aliphatic rings. The van der Waals surface area contributed by atoms with Gasteiger partial charge in [-0.05, 0) is 76.8 Å². The van der Waals surface area contributed by atoms with Crippen LogP contribution < -0.4 is 16.2 Å². The highest BCUT2D eigenvalue weighted by Crippen LogP contribution is 2.47. The molecule has 2 aromatic carbocycles. The number of fused-ring (bicyclic) bond motifs is 1. The summed E-state index contributed by atoms with van der Waals surface area (Å²) in [5.74, 6) is -19.2. The second kappa shape index (κ2) is 14.4. The van der Waals surface area contributed by atoms with E-state index in [1.54, 1.807) is 19.9 Å². The standard InChI is InChI=1S/C34H41F9N2O4/c1-6-7-8-9-20-10-13-23(24(14-20)33(39,40)41)26-15-21-11-12-22(16-25(21)49-26)47-18-31(35,36)34(42,43)32(37,38)19-48-28(46)30(4,5)27(44)17-29(2,3)45/h10-16,27H,6-9,17-19,44-45H2,1-5H3. The molecule has 3 rings (SSSR count). The second-order valence-corrected chi connectivity index (χ2v) is 13.5. The number of hydrogen-bond donors (Lipinski definition) is 2. The molecule has 0 saturated heterocycles. The van der Waals surface area contributed by atoms with Crippen LogP contribution >= 0.6 is 0 Å². The topological polar surface area (TPSA) is 101 Å². The minimum Gasteiger partial charge on any atom is -0.487 e. The van der Waals surface area contributed by atoms with Gasteiger partial charge in [0.2, 0.25) is 0 Å². The number of nitrogens with two attached hydrogens (primary N) is 2. The van der Waals surface area contributed by atoms with E-state index >= 15 is 0 Å². The van der Waals surface area contributed by atoms with E-state index in [9.17, 15) is 44.3 Å². The van der Waals surface area contributed by atoms with Crippen LogP contribution in [-0.2, 0) is 22.1 Å². The zero-order valence-corrected chi connectivity index (χ0v) is 27.8. The smallest absolute Gasteiger partial charge is 0.417 e. The molecule has 1 atom stereocenters. The lowest BCUT2D eigenvalue weighted by atomic mass is 9.79. The maximum atomic E-state index is 14.6. The van der Waals surface area contributed by atoms with Gasteiger partial charge in [-0.1, -0.05) is 31.9 Å². The Morgan fingerprint density at radius 3 is 2.08 bits per heavy atom. The van der Waals surface area contributed by atoms with Crippen molar-refractivity contribution in [3.05, 3.63) is 53.6 Å². The molecular formula is C34H41F9N2O4. The third-order valence-corrected chi connectivity index (χ3v) is 8.14. The van der Waals surface area contributed by atoms with Crippen LogP contribution in [-0.4, -0.2) is 48.5 Å². The Morgan fingerprint density at radius 2 is 1.49 bits per heavy atom. The zero-order valence-electron chi connectivity index (χ0n) is 27.8. The molecule has 0 saturated carbocycles. The molecule has 4 N–H and O–H groups in total. The third kappa shape index (κ3) is 9.41. The van der Waals surface area contributed by atoms with Gasteiger partial charge in [0.05, 0.1) is 11.0 Å². The van der Waals surface area contributed by atoms with Crippen molar-refractivity contribution in [2.45, 2.75) is 102 Å². The predicted octanol–water partition coefficient (Wildman–Crippen LogP) is 9.16. The number of unbranched alkanes of at least 4 members (excludes halogenated alkanes) is 2. The molecule has 1 heterocycles. The van der Waals surface area contributed by atoms with E-state index in [0.29, 0.717) is 18.4 Å². The van der Waals surface area contributed by atoms with E-state index in [4.69, 9.17) is 20.6 Å². The summed E-state index contributed by atoms with van der Waals surface area (Å²) in [6.07, 6.45) is -1.82. The van der Waals surface area contributed by atoms with Crippen LogP contribution in [0.5, 0.6) is 5.75 Å². The van der Waals surface area contributed by atoms with Crippen LogP contribution in [0.15, 0.2) is 46.9 Å². The minimum absolute atomic E-state index is 0.0169. The van der Waals surface area contributed by atoms with Crippen molar-refractivity contribution in [3.8, 4) is 17.1 Å². The highest BCUT2D eigenvalue weighted by molar-refractivity contribution is 5.84. The van der Waals surface area contributed by atoms with Gasteiger partial charge in [0.25, 0.3) is 0 Å². The zero-order chi connectivity index (χ0) is 37.2. The molecule has 0 amide bonds. The second-order valence-electron chi connectivity index (χ2n) is 13.5. The van der Waals surface area contributed by atoms with Gasteiger partial charge in [0, 0.05) is 28.6 Å². The Hall–Kier alpha value is -3.46. The molecule has 6 nitrogen and oxygen atoms in total. The Labute approximate surface area is 278 Å². The predicted molar refractivity (Wildman–Crippen MR) is 166 cm³/mol. The Bertz CT molecular complexity index is 1590. The van der Waals surface area contributed by atoms with Crippen molar-refractivity contribution in [1.82, 2.24) is 0 Å². The SMILES string of the molecule is CCCCCc1ccc(-c2cc3ccc(OCC(F)(F)C(F)(F)C(F)(F)COC(=O)C(C)(C)C(N)CC(C)(C)N)cc3o2)c(C(F)(F)F)c1. The number of hydrogen-bond acceptors (Lipinski definition) is 6. The number of carbonyl (C=O) groups excluding carboxylic acids is 1. The van der Waals surface area contributed by atoms with Crippen LogP contribution in [0.2, 0.25) is 0 Å². The van der Waals surface area contributed by atoms with Crippen molar-refractivity contribution in [2.75, 3.05) is 13.2 Å². The monoisotopic (exact) mass is 712 g/mol. The number of esters is 1. The lowest BCUT2D eigenvalue weighted by molar-refractivity contribution is -0.322. The first-order chi connectivity index (χ1) is 22.3. The number of carbonyl (C=O) groups is 1. The lowest BCUT2D eigenvalue weighted by Gasteiger charge is -2.35. The van der Waals surface area contributed by atoms with Crippen LogP contribution in [0, 0.1) is 5.41 Å². The summed E-state index contributed by atoms with van der Waals surface area (Å²) in [4.78, 5) is 12.5. The van der Waals surface area contributed by atoms with Gasteiger partial charge < -0.3 is 25.4 Å². The van der Waals surface area contributed by atoms with E-state index in [1.165, 1.54) is 32.0 Å². The Balaban J connectivity index is 1.75. The van der Waals surface area contributed by atoms with E-state index in [2.05, 4.69) is 4.74 Å². The number of aryl methyl sites for hydroxylation is 1. The average molecular weight is 713 g/mol. The van der Waals surface area contributed by atoms with Crippen molar-refractivity contribution in [1.29, 1.82) is 0 Å². The van der Waals surface area contributed by atoms with Crippen molar-refractivity contribution < 1.29 is 58.2 Å². The third-order valence-electron chi connectivity index (χ3n) is 8.14. The quantitative estimate of drug-likeness (QED) is 0.0873. The summed E-state index contributed by atoms with van der Waals surface area (Å²) in [5.41, 5.74) is 8.35. The van der Waals surface area contributed by atoms with E-state index in [-0.39, 0.29) is 28.7 Å². The van der Waals surface area contributed by atoms with Crippen LogP contribution in [0.4, 0.5) is 39.5 Å². The number of furan rings is 1. The van der Waals surface area contributed by atoms with Crippen LogP contribution in [0.3, 0.4) is 0 Å². The van der Waals surface area contributed by atoms with Crippen molar-refractivity contribution in [2.24, 2.45) is 16.9 Å². The molecule has 0 radical (unpaired) electrons. The summed E-state index contributed by atoms with van der Waals surface area (Å²) >= 11 is 0. The number of benzene rings is 2. The van der Waals surface area contributed by atoms with E-state index in [1.807, 2.05) is 6.92 Å². The molecule has 15 heteroatoms. The highest BCUT2D eigenvalue weighted by atomic mass is 19.4. The van der Waals surface area contributed by atoms with E-state index in [0.717, 1.165) is 31.0 Å². The fraction of sp³-hybridized carbons (Fsp3) is 0.559. The lowest BCUT2D eigenvalue weighted by Crippen LogP contribution is -2.59. The first kappa shape index (κ1) is 40.0. The molecule has 0 aliphatic carbocycles. The van der Waals surface area contributed by atoms with Gasteiger partial charge in [-0.25, -0.2) is 0 Å². The summed E-state index contributed by atoms with van der Waals surface area (Å²) in [5, 5.41) is 0.227. The molecular weight excluding hydrogens is 671 g/mol. The number of alkyl halides is 9. The molecule has 49 heavy (non-hydrogen) atoms. The fourth-order valence-corrected chi connectivity index (χ4v) is 4.95. The highest BCUT2D eigenvalue weighted by Gasteiger charge is 2.72. The summed E-state index contributed by atoms with van der Waals surface area (Å²) in [6.45, 7) is 2.94. The molecule has 0 aliphatic heterocycles. The number of halogens is 9. The molecule has 0 fully saturated rings. The minimum atomic E-state index is -6.05. The maximum absolute atomic E-state index is 14.6. The van der Waals surface area contributed by atoms with Crippen LogP contribution in [0.1, 0.15) is 71.4 Å². The number of rotatable bonds is 16. The Morgan fingerprint density at radius 1 is 0.857 bits per heavy atom. The number of ether oxygens (including phenoxy) is 2. The van der Waals surface area contributed by atoms with Crippen molar-refractivity contribution >= 4 is 16.9 Å². The molecule has 1 unspecified atom stereocenters. The summed E-state index contributed by atoms with van der Waals surface area (Å²) in [6, 6.07) is 7.26. The van der Waals surface area contributed by atoms with Crippen LogP contribution in [0.25, 0.3) is 22.3 Å². The van der Waals surface area contributed by atoms with Gasteiger partial charge in [-0.2, -0.15) is 39.5 Å². The first-order valence-corrected chi connectivity index (χ1v) is 15.5. The van der Waals surface area contributed by atoms with Gasteiger partial charge in [-0.15, -0.1) is 0 Å². The first-order valence-electron chi connectivity index (χ1n) is 15.5. The summed E-state index contributed by atoms with van der Waals surface area (Å²) in [7, 11) is 0. The maximum Gasteiger partial charge on any atom is 0.417 e. The largest absolute Gasteiger partial charge is 0.487 e. The normalized spacial score (nSPS) is 14.3. The van der Waals surface area contributed by atoms with Gasteiger partial charge >= 0.3 is 29.9 Å². The van der Waals surface area contributed by atoms with Gasteiger partial charge in [0.1, 0.15) is 17.1 Å². The van der Waals surface area contributed by atoms with Gasteiger partial charge in [-0.3, -0.25) is 4.79 Å². The molecule has 274 valence electrons. The Kier molecular flexibility index (Phi) is 11.8. The van der Waals surface area contributed by atoms with Crippen molar-refractivity contribution in [3.63, 3.8) is 0 Å². The molecule has 3 aromatic rings.